The first-order valence-electron chi connectivity index (χ1n) is 11.6. The first kappa shape index (κ1) is 24.1. The minimum absolute atomic E-state index is 0.0324. The first-order chi connectivity index (χ1) is 18.0. The molecular formula is C27H22N6O3S. The van der Waals surface area contributed by atoms with Crippen molar-refractivity contribution in [2.75, 3.05) is 11.1 Å². The van der Waals surface area contributed by atoms with Gasteiger partial charge in [-0.1, -0.05) is 60.3 Å². The number of pyridine rings is 1. The third kappa shape index (κ3) is 5.19. The third-order valence-corrected chi connectivity index (χ3v) is 6.72. The molecule has 1 amide bonds. The van der Waals surface area contributed by atoms with Gasteiger partial charge in [0.05, 0.1) is 21.9 Å². The lowest BCUT2D eigenvalue weighted by Gasteiger charge is -2.12. The van der Waals surface area contributed by atoms with Gasteiger partial charge in [0.25, 0.3) is 5.69 Å². The van der Waals surface area contributed by atoms with Crippen LogP contribution in [0.5, 0.6) is 0 Å². The van der Waals surface area contributed by atoms with Crippen molar-refractivity contribution in [3.63, 3.8) is 0 Å². The average Bonchev–Trinajstić information content (AvgIpc) is 3.35. The smallest absolute Gasteiger partial charge is 0.269 e. The van der Waals surface area contributed by atoms with E-state index in [2.05, 4.69) is 15.5 Å². The number of para-hydroxylation sites is 1. The number of nitro groups is 1. The SMILES string of the molecule is CCn1c(SCC(=O)Nc2ccc([N+](=O)[O-])cc2)nnc1-c1cc(-c2ccccc2)nc2ccccc12. The fourth-order valence-electron chi connectivity index (χ4n) is 3.99. The molecule has 37 heavy (non-hydrogen) atoms. The highest BCUT2D eigenvalue weighted by Crippen LogP contribution is 2.33. The highest BCUT2D eigenvalue weighted by Gasteiger charge is 2.18. The molecule has 9 nitrogen and oxygen atoms in total. The summed E-state index contributed by atoms with van der Waals surface area (Å²) in [6, 6.07) is 25.7. The van der Waals surface area contributed by atoms with E-state index in [1.54, 1.807) is 0 Å². The zero-order valence-corrected chi connectivity index (χ0v) is 20.7. The van der Waals surface area contributed by atoms with Gasteiger partial charge >= 0.3 is 0 Å². The molecule has 5 rings (SSSR count). The van der Waals surface area contributed by atoms with Crippen molar-refractivity contribution < 1.29 is 9.72 Å². The molecule has 0 atom stereocenters. The molecule has 10 heteroatoms. The molecule has 0 aliphatic carbocycles. The van der Waals surface area contributed by atoms with Crippen LogP contribution >= 0.6 is 11.8 Å². The number of amides is 1. The molecule has 0 saturated carbocycles. The topological polar surface area (TPSA) is 116 Å². The van der Waals surface area contributed by atoms with Crippen molar-refractivity contribution >= 4 is 39.9 Å². The molecule has 0 bridgehead atoms. The van der Waals surface area contributed by atoms with Crippen LogP contribution in [0.4, 0.5) is 11.4 Å². The minimum Gasteiger partial charge on any atom is -0.325 e. The van der Waals surface area contributed by atoms with Crippen LogP contribution in [-0.4, -0.2) is 36.3 Å². The summed E-state index contributed by atoms with van der Waals surface area (Å²) in [7, 11) is 0. The van der Waals surface area contributed by atoms with Gasteiger partial charge in [0.2, 0.25) is 5.91 Å². The van der Waals surface area contributed by atoms with Crippen LogP contribution < -0.4 is 5.32 Å². The van der Waals surface area contributed by atoms with E-state index in [1.807, 2.05) is 72.2 Å². The van der Waals surface area contributed by atoms with Crippen LogP contribution in [0, 0.1) is 10.1 Å². The Bertz CT molecular complexity index is 1590. The van der Waals surface area contributed by atoms with Crippen molar-refractivity contribution in [1.29, 1.82) is 0 Å². The minimum atomic E-state index is -0.481. The third-order valence-electron chi connectivity index (χ3n) is 5.75. The number of nitro benzene ring substituents is 1. The maximum Gasteiger partial charge on any atom is 0.269 e. The van der Waals surface area contributed by atoms with Crippen LogP contribution in [0.2, 0.25) is 0 Å². The molecule has 0 unspecified atom stereocenters. The molecule has 0 aliphatic rings. The van der Waals surface area contributed by atoms with Crippen LogP contribution in [0.1, 0.15) is 6.92 Å². The summed E-state index contributed by atoms with van der Waals surface area (Å²) in [5.74, 6) is 0.574. The number of fused-ring (bicyclic) bond motifs is 1. The van der Waals surface area contributed by atoms with E-state index < -0.39 is 4.92 Å². The van der Waals surface area contributed by atoms with E-state index >= 15 is 0 Å². The number of carbonyl (C=O) groups is 1. The van der Waals surface area contributed by atoms with Gasteiger partial charge in [-0.25, -0.2) is 4.98 Å². The normalized spacial score (nSPS) is 10.9. The second kappa shape index (κ2) is 10.6. The Morgan fingerprint density at radius 2 is 1.73 bits per heavy atom. The number of rotatable bonds is 8. The highest BCUT2D eigenvalue weighted by atomic mass is 32.2. The van der Waals surface area contributed by atoms with Gasteiger partial charge in [0, 0.05) is 40.9 Å². The van der Waals surface area contributed by atoms with Crippen molar-refractivity contribution in [2.45, 2.75) is 18.6 Å². The number of hydrogen-bond donors (Lipinski definition) is 1. The summed E-state index contributed by atoms with van der Waals surface area (Å²) in [4.78, 5) is 27.7. The molecule has 2 heterocycles. The summed E-state index contributed by atoms with van der Waals surface area (Å²) >= 11 is 1.28. The quantitative estimate of drug-likeness (QED) is 0.159. The number of thioether (sulfide) groups is 1. The number of anilines is 1. The van der Waals surface area contributed by atoms with Crippen molar-refractivity contribution in [1.82, 2.24) is 19.7 Å². The molecule has 0 aliphatic heterocycles. The summed E-state index contributed by atoms with van der Waals surface area (Å²) in [5.41, 5.74) is 4.09. The van der Waals surface area contributed by atoms with Crippen LogP contribution in [0.15, 0.2) is 90.1 Å². The maximum atomic E-state index is 12.5. The molecule has 0 radical (unpaired) electrons. The van der Waals surface area contributed by atoms with Gasteiger partial charge in [-0.05, 0) is 31.2 Å². The molecule has 0 fully saturated rings. The molecule has 2 aromatic heterocycles. The molecule has 184 valence electrons. The van der Waals surface area contributed by atoms with Crippen LogP contribution in [-0.2, 0) is 11.3 Å². The lowest BCUT2D eigenvalue weighted by molar-refractivity contribution is -0.384. The van der Waals surface area contributed by atoms with Gasteiger partial charge in [-0.3, -0.25) is 14.9 Å². The Labute approximate surface area is 216 Å². The fraction of sp³-hybridized carbons (Fsp3) is 0.111. The number of benzene rings is 3. The summed E-state index contributed by atoms with van der Waals surface area (Å²) in [6.07, 6.45) is 0. The maximum absolute atomic E-state index is 12.5. The van der Waals surface area contributed by atoms with Crippen LogP contribution in [0.3, 0.4) is 0 Å². The second-order valence-electron chi connectivity index (χ2n) is 8.13. The largest absolute Gasteiger partial charge is 0.325 e. The standard InChI is InChI=1S/C27H22N6O3S/c1-2-32-26(22-16-24(18-8-4-3-5-9-18)29-23-11-7-6-10-21(22)23)30-31-27(32)37-17-25(34)28-19-12-14-20(15-13-19)33(35)36/h3-16H,2,17H2,1H3,(H,28,34). The van der Waals surface area contributed by atoms with Crippen molar-refractivity contribution in [3.05, 3.63) is 95.0 Å². The summed E-state index contributed by atoms with van der Waals surface area (Å²) < 4.78 is 1.99. The van der Waals surface area contributed by atoms with E-state index in [0.29, 0.717) is 23.2 Å². The first-order valence-corrected chi connectivity index (χ1v) is 12.6. The van der Waals surface area contributed by atoms with Crippen LogP contribution in [0.25, 0.3) is 33.5 Å². The van der Waals surface area contributed by atoms with Gasteiger partial charge in [0.1, 0.15) is 0 Å². The Morgan fingerprint density at radius 3 is 2.46 bits per heavy atom. The number of non-ortho nitro benzene ring substituents is 1. The van der Waals surface area contributed by atoms with Crippen molar-refractivity contribution in [3.8, 4) is 22.6 Å². The highest BCUT2D eigenvalue weighted by molar-refractivity contribution is 7.99. The Balaban J connectivity index is 1.41. The second-order valence-corrected chi connectivity index (χ2v) is 9.07. The fourth-order valence-corrected chi connectivity index (χ4v) is 4.79. The number of nitrogens with one attached hydrogen (secondary N) is 1. The lowest BCUT2D eigenvalue weighted by atomic mass is 10.0. The summed E-state index contributed by atoms with van der Waals surface area (Å²) in [6.45, 7) is 2.63. The van der Waals surface area contributed by atoms with Gasteiger partial charge in [-0.2, -0.15) is 0 Å². The Kier molecular flexibility index (Phi) is 6.91. The number of aromatic nitrogens is 4. The predicted molar refractivity (Wildman–Crippen MR) is 144 cm³/mol. The lowest BCUT2D eigenvalue weighted by Crippen LogP contribution is -2.14. The van der Waals surface area contributed by atoms with E-state index in [9.17, 15) is 14.9 Å². The number of carbonyl (C=O) groups excluding carboxylic acids is 1. The van der Waals surface area contributed by atoms with E-state index in [0.717, 1.165) is 27.7 Å². The summed E-state index contributed by atoms with van der Waals surface area (Å²) in [5, 5.41) is 24.0. The number of hydrogen-bond acceptors (Lipinski definition) is 7. The van der Waals surface area contributed by atoms with E-state index in [-0.39, 0.29) is 17.3 Å². The molecule has 5 aromatic rings. The van der Waals surface area contributed by atoms with Gasteiger partial charge < -0.3 is 9.88 Å². The van der Waals surface area contributed by atoms with Gasteiger partial charge in [-0.15, -0.1) is 10.2 Å². The van der Waals surface area contributed by atoms with E-state index in [4.69, 9.17) is 4.98 Å². The average molecular weight is 511 g/mol. The Morgan fingerprint density at radius 1 is 1.00 bits per heavy atom. The zero-order valence-electron chi connectivity index (χ0n) is 19.9. The monoisotopic (exact) mass is 510 g/mol. The molecule has 0 spiro atoms. The molecule has 1 N–H and O–H groups in total. The molecular weight excluding hydrogens is 488 g/mol. The van der Waals surface area contributed by atoms with Crippen molar-refractivity contribution in [2.24, 2.45) is 0 Å². The molecule has 0 saturated heterocycles. The number of nitrogens with zero attached hydrogens (tertiary/aromatic N) is 5. The Hall–Kier alpha value is -4.57. The zero-order chi connectivity index (χ0) is 25.8. The predicted octanol–water partition coefficient (Wildman–Crippen LogP) is 5.82. The van der Waals surface area contributed by atoms with E-state index in [1.165, 1.54) is 36.0 Å². The van der Waals surface area contributed by atoms with Gasteiger partial charge in [0.15, 0.2) is 11.0 Å². The molecule has 3 aromatic carbocycles.